The van der Waals surface area contributed by atoms with Crippen LogP contribution in [0.25, 0.3) is 83.0 Å². The van der Waals surface area contributed by atoms with Crippen molar-refractivity contribution in [2.45, 2.75) is 6.17 Å². The molecule has 1 aliphatic rings. The topological polar surface area (TPSA) is 50.7 Å². The van der Waals surface area contributed by atoms with Gasteiger partial charge in [-0.15, -0.1) is 0 Å². The largest absolute Gasteiger partial charge is 0.455 e. The Kier molecular flexibility index (Phi) is 7.52. The van der Waals surface area contributed by atoms with E-state index in [0.29, 0.717) is 0 Å². The lowest BCUT2D eigenvalue weighted by atomic mass is 9.95. The van der Waals surface area contributed by atoms with Gasteiger partial charge in [0.25, 0.3) is 0 Å². The molecule has 4 nitrogen and oxygen atoms in total. The fourth-order valence-electron chi connectivity index (χ4n) is 8.13. The molecule has 8 aromatic carbocycles. The van der Waals surface area contributed by atoms with E-state index in [1.54, 1.807) is 0 Å². The normalized spacial score (nSPS) is 14.2. The van der Waals surface area contributed by atoms with Gasteiger partial charge in [0.05, 0.1) is 11.3 Å². The number of rotatable bonds is 6. The minimum atomic E-state index is -0.326. The van der Waals surface area contributed by atoms with Gasteiger partial charge in [-0.3, -0.25) is 4.99 Å². The molecule has 56 heavy (non-hydrogen) atoms. The molecule has 2 aromatic heterocycles. The van der Waals surface area contributed by atoms with Crippen LogP contribution >= 0.6 is 0 Å². The number of hydrogen-bond acceptors (Lipinski definition) is 4. The number of benzene rings is 8. The number of furan rings is 2. The van der Waals surface area contributed by atoms with Crippen LogP contribution in [0.5, 0.6) is 0 Å². The molecule has 0 bridgehead atoms. The van der Waals surface area contributed by atoms with Crippen LogP contribution in [0, 0.1) is 0 Å². The van der Waals surface area contributed by atoms with Crippen molar-refractivity contribution in [3.05, 3.63) is 211 Å². The van der Waals surface area contributed by atoms with Gasteiger partial charge in [0, 0.05) is 27.2 Å². The molecule has 0 saturated heterocycles. The molecule has 10 aromatic rings. The van der Waals surface area contributed by atoms with Gasteiger partial charge in [0.2, 0.25) is 0 Å². The molecule has 1 aliphatic heterocycles. The van der Waals surface area contributed by atoms with Crippen molar-refractivity contribution in [3.63, 3.8) is 0 Å². The average Bonchev–Trinajstić information content (AvgIpc) is 3.83. The second-order valence-electron chi connectivity index (χ2n) is 14.3. The highest BCUT2D eigenvalue weighted by Gasteiger charge is 2.24. The third-order valence-corrected chi connectivity index (χ3v) is 10.9. The van der Waals surface area contributed by atoms with Crippen molar-refractivity contribution >= 4 is 55.3 Å². The minimum absolute atomic E-state index is 0.326. The van der Waals surface area contributed by atoms with Crippen molar-refractivity contribution in [2.24, 2.45) is 4.99 Å². The van der Waals surface area contributed by atoms with Crippen LogP contribution in [0.15, 0.2) is 208 Å². The van der Waals surface area contributed by atoms with Gasteiger partial charge in [0.1, 0.15) is 28.5 Å². The predicted octanol–water partition coefficient (Wildman–Crippen LogP) is 13.6. The molecular formula is C52H34N2O2. The summed E-state index contributed by atoms with van der Waals surface area (Å²) in [4.78, 5) is 5.29. The Bertz CT molecular complexity index is 3010. The predicted molar refractivity (Wildman–Crippen MR) is 231 cm³/mol. The van der Waals surface area contributed by atoms with E-state index in [1.165, 1.54) is 11.1 Å². The fraction of sp³-hybridized carbons (Fsp3) is 0.0192. The first-order valence-electron chi connectivity index (χ1n) is 19.0. The van der Waals surface area contributed by atoms with Crippen LogP contribution in [0.3, 0.4) is 0 Å². The molecule has 3 heterocycles. The zero-order valence-electron chi connectivity index (χ0n) is 30.3. The van der Waals surface area contributed by atoms with Gasteiger partial charge in [-0.05, 0) is 87.0 Å². The molecule has 1 N–H and O–H groups in total. The molecule has 0 saturated carbocycles. The standard InChI is InChI=1S/C52H34N2O2/c1-5-14-33(15-6-1)37-24-26-47-41(29-37)43-31-44-42-30-38(34-16-7-2-8-17-34)25-27-48(42)56-51(44)49(50(43)55-47)39-22-13-23-40(28-39)52-53-45(35-18-9-3-10-19-35)32-46(54-52)36-20-11-4-12-21-36/h1-32,52-53H. The Morgan fingerprint density at radius 2 is 0.893 bits per heavy atom. The highest BCUT2D eigenvalue weighted by Crippen LogP contribution is 2.46. The average molecular weight is 719 g/mol. The monoisotopic (exact) mass is 718 g/mol. The maximum Gasteiger partial charge on any atom is 0.147 e. The number of aliphatic imine (C=N–C) groups is 1. The smallest absolute Gasteiger partial charge is 0.147 e. The van der Waals surface area contributed by atoms with Crippen LogP contribution in [-0.2, 0) is 0 Å². The zero-order chi connectivity index (χ0) is 37.0. The van der Waals surface area contributed by atoms with Crippen molar-refractivity contribution < 1.29 is 8.83 Å². The summed E-state index contributed by atoms with van der Waals surface area (Å²) < 4.78 is 13.7. The summed E-state index contributed by atoms with van der Waals surface area (Å²) in [5, 5.41) is 7.99. The van der Waals surface area contributed by atoms with Gasteiger partial charge in [-0.1, -0.05) is 152 Å². The highest BCUT2D eigenvalue weighted by molar-refractivity contribution is 6.22. The van der Waals surface area contributed by atoms with Crippen molar-refractivity contribution in [3.8, 4) is 33.4 Å². The Morgan fingerprint density at radius 3 is 1.45 bits per heavy atom. The van der Waals surface area contributed by atoms with Crippen LogP contribution in [0.2, 0.25) is 0 Å². The number of nitrogens with one attached hydrogen (secondary N) is 1. The first-order chi connectivity index (χ1) is 27.7. The highest BCUT2D eigenvalue weighted by atomic mass is 16.3. The van der Waals surface area contributed by atoms with Crippen LogP contribution in [-0.4, -0.2) is 5.71 Å². The van der Waals surface area contributed by atoms with E-state index in [4.69, 9.17) is 13.8 Å². The lowest BCUT2D eigenvalue weighted by Crippen LogP contribution is -2.24. The molecule has 0 aliphatic carbocycles. The van der Waals surface area contributed by atoms with Gasteiger partial charge in [-0.2, -0.15) is 0 Å². The molecule has 1 unspecified atom stereocenters. The minimum Gasteiger partial charge on any atom is -0.455 e. The van der Waals surface area contributed by atoms with Gasteiger partial charge in [0.15, 0.2) is 0 Å². The Morgan fingerprint density at radius 1 is 0.393 bits per heavy atom. The van der Waals surface area contributed by atoms with Crippen molar-refractivity contribution in [1.29, 1.82) is 0 Å². The third kappa shape index (κ3) is 5.50. The Balaban J connectivity index is 1.13. The maximum atomic E-state index is 6.85. The number of fused-ring (bicyclic) bond motifs is 6. The van der Waals surface area contributed by atoms with E-state index >= 15 is 0 Å². The second-order valence-corrected chi connectivity index (χ2v) is 14.3. The van der Waals surface area contributed by atoms with E-state index in [9.17, 15) is 0 Å². The first kappa shape index (κ1) is 32.0. The molecule has 0 spiro atoms. The van der Waals surface area contributed by atoms with E-state index in [-0.39, 0.29) is 6.17 Å². The number of hydrogen-bond donors (Lipinski definition) is 1. The molecule has 0 fully saturated rings. The van der Waals surface area contributed by atoms with Crippen LogP contribution in [0.4, 0.5) is 0 Å². The Hall–Kier alpha value is -7.43. The molecular weight excluding hydrogens is 685 g/mol. The molecule has 1 atom stereocenters. The van der Waals surface area contributed by atoms with E-state index in [2.05, 4.69) is 187 Å². The SMILES string of the molecule is C1=C(c2ccccc2)NC(c2cccc(-c3c4oc5ccc(-c6ccccc6)cc5c4cc4c3oc3ccc(-c5ccccc5)cc34)c2)N=C1c1ccccc1. The molecule has 0 radical (unpaired) electrons. The lowest BCUT2D eigenvalue weighted by molar-refractivity contribution is 0.657. The van der Waals surface area contributed by atoms with Crippen molar-refractivity contribution in [2.75, 3.05) is 0 Å². The summed E-state index contributed by atoms with van der Waals surface area (Å²) in [7, 11) is 0. The van der Waals surface area contributed by atoms with E-state index in [0.717, 1.165) is 94.2 Å². The third-order valence-electron chi connectivity index (χ3n) is 10.9. The number of allylic oxidation sites excluding steroid dienone is 1. The Labute approximate surface area is 323 Å². The quantitative estimate of drug-likeness (QED) is 0.186. The summed E-state index contributed by atoms with van der Waals surface area (Å²) in [6.07, 6.45) is 1.82. The summed E-state index contributed by atoms with van der Waals surface area (Å²) in [5.74, 6) is 0. The van der Waals surface area contributed by atoms with Crippen molar-refractivity contribution in [1.82, 2.24) is 5.32 Å². The molecule has 4 heteroatoms. The van der Waals surface area contributed by atoms with E-state index < -0.39 is 0 Å². The summed E-state index contributed by atoms with van der Waals surface area (Å²) in [6.45, 7) is 0. The summed E-state index contributed by atoms with van der Waals surface area (Å²) >= 11 is 0. The van der Waals surface area contributed by atoms with Gasteiger partial charge >= 0.3 is 0 Å². The van der Waals surface area contributed by atoms with Crippen LogP contribution in [0.1, 0.15) is 22.9 Å². The fourth-order valence-corrected chi connectivity index (χ4v) is 8.13. The first-order valence-corrected chi connectivity index (χ1v) is 19.0. The second kappa shape index (κ2) is 13.2. The van der Waals surface area contributed by atoms with Gasteiger partial charge < -0.3 is 14.2 Å². The zero-order valence-corrected chi connectivity index (χ0v) is 30.3. The van der Waals surface area contributed by atoms with Gasteiger partial charge in [-0.25, -0.2) is 0 Å². The summed E-state index contributed by atoms with van der Waals surface area (Å²) in [6, 6.07) is 65.7. The summed E-state index contributed by atoms with van der Waals surface area (Å²) in [5.41, 5.74) is 15.0. The maximum absolute atomic E-state index is 6.85. The molecule has 11 rings (SSSR count). The molecule has 0 amide bonds. The number of nitrogens with zero attached hydrogens (tertiary/aromatic N) is 1. The van der Waals surface area contributed by atoms with Crippen LogP contribution < -0.4 is 5.32 Å². The molecule has 264 valence electrons. The lowest BCUT2D eigenvalue weighted by Gasteiger charge is -2.25. The van der Waals surface area contributed by atoms with E-state index in [1.807, 2.05) is 12.1 Å².